The summed E-state index contributed by atoms with van der Waals surface area (Å²) in [6.45, 7) is 5.56. The van der Waals surface area contributed by atoms with E-state index in [9.17, 15) is 19.7 Å². The van der Waals surface area contributed by atoms with E-state index in [1.165, 1.54) is 28.0 Å². The lowest BCUT2D eigenvalue weighted by Crippen LogP contribution is -2.54. The minimum Gasteiger partial charge on any atom is -0.331 e. The topological polar surface area (TPSA) is 123 Å². The molecule has 1 aliphatic heterocycles. The molecule has 1 N–H and O–H groups in total. The number of benzene rings is 2. The van der Waals surface area contributed by atoms with Gasteiger partial charge in [0.05, 0.1) is 16.7 Å². The lowest BCUT2D eigenvalue weighted by Gasteiger charge is -2.36. The Morgan fingerprint density at radius 3 is 2.58 bits per heavy atom. The van der Waals surface area contributed by atoms with Gasteiger partial charge in [-0.2, -0.15) is 0 Å². The standard InChI is InChI=1S/C23H22N6O4/c1-14(2)21-24-22(30)17(12-27(21)23(31)16-7-5-4-6-8-16)18-13-28(26-25-18)19-10-9-15(3)11-20(19)29(32)33/h4-14,21H,1-3H3,(H,24,30)/t21-/m0/s1. The number of aryl methyl sites for hydroxylation is 1. The van der Waals surface area contributed by atoms with Gasteiger partial charge >= 0.3 is 0 Å². The van der Waals surface area contributed by atoms with Crippen molar-refractivity contribution in [2.45, 2.75) is 26.9 Å². The normalized spacial score (nSPS) is 15.9. The van der Waals surface area contributed by atoms with Crippen molar-refractivity contribution in [2.24, 2.45) is 5.92 Å². The zero-order valence-corrected chi connectivity index (χ0v) is 18.3. The number of aromatic nitrogens is 3. The molecule has 168 valence electrons. The van der Waals surface area contributed by atoms with Crippen LogP contribution in [0.2, 0.25) is 0 Å². The molecule has 0 saturated heterocycles. The Morgan fingerprint density at radius 2 is 1.91 bits per heavy atom. The number of nitrogens with one attached hydrogen (secondary N) is 1. The molecule has 0 spiro atoms. The Morgan fingerprint density at radius 1 is 1.18 bits per heavy atom. The molecule has 0 bridgehead atoms. The summed E-state index contributed by atoms with van der Waals surface area (Å²) >= 11 is 0. The molecule has 4 rings (SSSR count). The Hall–Kier alpha value is -4.34. The summed E-state index contributed by atoms with van der Waals surface area (Å²) < 4.78 is 1.25. The smallest absolute Gasteiger partial charge is 0.295 e. The van der Waals surface area contributed by atoms with E-state index in [0.29, 0.717) is 5.56 Å². The van der Waals surface area contributed by atoms with Crippen LogP contribution >= 0.6 is 0 Å². The summed E-state index contributed by atoms with van der Waals surface area (Å²) in [5, 5.41) is 22.4. The van der Waals surface area contributed by atoms with Gasteiger partial charge in [0.2, 0.25) is 0 Å². The van der Waals surface area contributed by atoms with Crippen molar-refractivity contribution >= 4 is 23.1 Å². The van der Waals surface area contributed by atoms with Gasteiger partial charge in [-0.15, -0.1) is 5.10 Å². The summed E-state index contributed by atoms with van der Waals surface area (Å²) in [5.74, 6) is -0.727. The summed E-state index contributed by atoms with van der Waals surface area (Å²) in [5.41, 5.74) is 1.63. The minimum absolute atomic E-state index is 0.0506. The molecule has 33 heavy (non-hydrogen) atoms. The van der Waals surface area contributed by atoms with Crippen molar-refractivity contribution in [3.8, 4) is 5.69 Å². The molecule has 0 radical (unpaired) electrons. The van der Waals surface area contributed by atoms with E-state index in [1.807, 2.05) is 19.9 Å². The maximum Gasteiger partial charge on any atom is 0.295 e. The highest BCUT2D eigenvalue weighted by Gasteiger charge is 2.34. The molecule has 0 aliphatic carbocycles. The van der Waals surface area contributed by atoms with Crippen molar-refractivity contribution in [2.75, 3.05) is 0 Å². The highest BCUT2D eigenvalue weighted by molar-refractivity contribution is 6.20. The highest BCUT2D eigenvalue weighted by atomic mass is 16.6. The van der Waals surface area contributed by atoms with E-state index >= 15 is 0 Å². The van der Waals surface area contributed by atoms with Crippen LogP contribution in [0.15, 0.2) is 60.9 Å². The Balaban J connectivity index is 1.75. The van der Waals surface area contributed by atoms with Gasteiger partial charge in [0.15, 0.2) is 0 Å². The molecule has 0 saturated carbocycles. The van der Waals surface area contributed by atoms with Gasteiger partial charge in [-0.05, 0) is 36.6 Å². The molecule has 2 aromatic carbocycles. The Kier molecular flexibility index (Phi) is 5.74. The van der Waals surface area contributed by atoms with Gasteiger partial charge in [-0.3, -0.25) is 24.6 Å². The quantitative estimate of drug-likeness (QED) is 0.475. The number of amides is 2. The third-order valence-electron chi connectivity index (χ3n) is 5.32. The fraction of sp³-hybridized carbons (Fsp3) is 0.217. The molecule has 10 nitrogen and oxygen atoms in total. The summed E-state index contributed by atoms with van der Waals surface area (Å²) in [6, 6.07) is 13.5. The van der Waals surface area contributed by atoms with E-state index in [2.05, 4.69) is 15.6 Å². The molecule has 1 aromatic heterocycles. The Labute approximate surface area is 189 Å². The van der Waals surface area contributed by atoms with Gasteiger partial charge in [0.1, 0.15) is 17.5 Å². The first-order valence-electron chi connectivity index (χ1n) is 10.3. The Bertz CT molecular complexity index is 1260. The molecule has 2 heterocycles. The summed E-state index contributed by atoms with van der Waals surface area (Å²) in [4.78, 5) is 38.5. The molecule has 2 amide bonds. The van der Waals surface area contributed by atoms with E-state index in [1.54, 1.807) is 43.3 Å². The monoisotopic (exact) mass is 446 g/mol. The lowest BCUT2D eigenvalue weighted by atomic mass is 10.0. The number of nitro groups is 1. The number of nitrogens with zero attached hydrogens (tertiary/aromatic N) is 5. The van der Waals surface area contributed by atoms with E-state index in [4.69, 9.17) is 0 Å². The number of carbonyl (C=O) groups is 2. The third-order valence-corrected chi connectivity index (χ3v) is 5.32. The van der Waals surface area contributed by atoms with Crippen LogP contribution < -0.4 is 5.32 Å². The van der Waals surface area contributed by atoms with Crippen LogP contribution in [-0.2, 0) is 4.79 Å². The molecule has 1 atom stereocenters. The molecular weight excluding hydrogens is 424 g/mol. The number of rotatable bonds is 5. The van der Waals surface area contributed by atoms with Crippen LogP contribution in [0.5, 0.6) is 0 Å². The second-order valence-electron chi connectivity index (χ2n) is 8.08. The van der Waals surface area contributed by atoms with Gasteiger partial charge < -0.3 is 5.32 Å². The average molecular weight is 446 g/mol. The first kappa shape index (κ1) is 21.9. The van der Waals surface area contributed by atoms with Crippen molar-refractivity contribution in [1.29, 1.82) is 0 Å². The van der Waals surface area contributed by atoms with Crippen molar-refractivity contribution < 1.29 is 14.5 Å². The van der Waals surface area contributed by atoms with E-state index < -0.39 is 17.0 Å². The predicted octanol–water partition coefficient (Wildman–Crippen LogP) is 3.08. The van der Waals surface area contributed by atoms with Crippen LogP contribution in [0.25, 0.3) is 11.3 Å². The molecule has 10 heteroatoms. The maximum atomic E-state index is 13.2. The number of hydrogen-bond acceptors (Lipinski definition) is 6. The molecule has 0 fully saturated rings. The minimum atomic E-state index is -0.540. The van der Waals surface area contributed by atoms with Crippen LogP contribution in [0.4, 0.5) is 5.69 Å². The van der Waals surface area contributed by atoms with E-state index in [0.717, 1.165) is 5.56 Å². The van der Waals surface area contributed by atoms with Crippen LogP contribution in [0.3, 0.4) is 0 Å². The second-order valence-corrected chi connectivity index (χ2v) is 8.08. The average Bonchev–Trinajstić information content (AvgIpc) is 3.28. The molecule has 3 aromatic rings. The maximum absolute atomic E-state index is 13.2. The van der Waals surface area contributed by atoms with Gasteiger partial charge in [0.25, 0.3) is 17.5 Å². The SMILES string of the molecule is Cc1ccc(-n2cc(C3=CN(C(=O)c4ccccc4)[C@@H](C(C)C)NC3=O)nn2)c([N+](=O)[O-])c1. The number of nitro benzene ring substituents is 1. The number of carbonyl (C=O) groups excluding carboxylic acids is 2. The molecular formula is C23H22N6O4. The van der Waals surface area contributed by atoms with Crippen molar-refractivity contribution in [3.05, 3.63) is 87.9 Å². The third kappa shape index (κ3) is 4.22. The lowest BCUT2D eigenvalue weighted by molar-refractivity contribution is -0.384. The van der Waals surface area contributed by atoms with Crippen LogP contribution in [0.1, 0.15) is 35.5 Å². The fourth-order valence-corrected chi connectivity index (χ4v) is 3.62. The number of hydrogen-bond donors (Lipinski definition) is 1. The van der Waals surface area contributed by atoms with Gasteiger partial charge in [0, 0.05) is 17.8 Å². The van der Waals surface area contributed by atoms with Gasteiger partial charge in [-0.25, -0.2) is 4.68 Å². The molecule has 1 aliphatic rings. The largest absolute Gasteiger partial charge is 0.331 e. The first-order chi connectivity index (χ1) is 15.8. The predicted molar refractivity (Wildman–Crippen MR) is 120 cm³/mol. The molecule has 0 unspecified atom stereocenters. The van der Waals surface area contributed by atoms with Crippen molar-refractivity contribution in [3.63, 3.8) is 0 Å². The second kappa shape index (κ2) is 8.65. The fourth-order valence-electron chi connectivity index (χ4n) is 3.62. The zero-order chi connectivity index (χ0) is 23.7. The first-order valence-corrected chi connectivity index (χ1v) is 10.3. The highest BCUT2D eigenvalue weighted by Crippen LogP contribution is 2.27. The van der Waals surface area contributed by atoms with Gasteiger partial charge in [-0.1, -0.05) is 43.3 Å². The van der Waals surface area contributed by atoms with Crippen LogP contribution in [0, 0.1) is 23.0 Å². The van der Waals surface area contributed by atoms with E-state index in [-0.39, 0.29) is 34.5 Å². The summed E-state index contributed by atoms with van der Waals surface area (Å²) in [6.07, 6.45) is 2.36. The van der Waals surface area contributed by atoms with Crippen LogP contribution in [-0.4, -0.2) is 42.8 Å². The zero-order valence-electron chi connectivity index (χ0n) is 18.3. The van der Waals surface area contributed by atoms with Crippen molar-refractivity contribution in [1.82, 2.24) is 25.2 Å². The summed E-state index contributed by atoms with van der Waals surface area (Å²) in [7, 11) is 0.